The number of hydrogen-bond donors (Lipinski definition) is 1. The monoisotopic (exact) mass is 301 g/mol. The average Bonchev–Trinajstić information content (AvgIpc) is 2.82. The molecule has 0 atom stereocenters. The van der Waals surface area contributed by atoms with Gasteiger partial charge in [-0.15, -0.1) is 10.2 Å². The van der Waals surface area contributed by atoms with Crippen LogP contribution < -0.4 is 4.90 Å². The number of halogens is 1. The second-order valence-electron chi connectivity index (χ2n) is 5.75. The molecule has 1 aromatic carbocycles. The van der Waals surface area contributed by atoms with E-state index in [1.54, 1.807) is 6.92 Å². The minimum Gasteiger partial charge on any atom is -0.507 e. The van der Waals surface area contributed by atoms with E-state index in [4.69, 9.17) is 0 Å². The lowest BCUT2D eigenvalue weighted by Gasteiger charge is -2.20. The number of aromatic hydroxyl groups is 1. The van der Waals surface area contributed by atoms with Gasteiger partial charge in [0, 0.05) is 24.2 Å². The molecule has 0 amide bonds. The maximum Gasteiger partial charge on any atom is 0.151 e. The lowest BCUT2D eigenvalue weighted by atomic mass is 10.1. The molecule has 4 nitrogen and oxygen atoms in total. The summed E-state index contributed by atoms with van der Waals surface area (Å²) in [5.74, 6) is 0.371. The Balaban J connectivity index is 1.86. The van der Waals surface area contributed by atoms with E-state index in [1.807, 2.05) is 12.1 Å². The van der Waals surface area contributed by atoms with Crippen LogP contribution in [0.5, 0.6) is 5.75 Å². The Morgan fingerprint density at radius 1 is 1.00 bits per heavy atom. The third-order valence-corrected chi connectivity index (χ3v) is 4.22. The fourth-order valence-corrected chi connectivity index (χ4v) is 2.82. The highest BCUT2D eigenvalue weighted by molar-refractivity contribution is 5.69. The molecule has 22 heavy (non-hydrogen) atoms. The van der Waals surface area contributed by atoms with Crippen LogP contribution in [0.15, 0.2) is 24.3 Å². The highest BCUT2D eigenvalue weighted by Gasteiger charge is 2.14. The molecule has 1 N–H and O–H groups in total. The van der Waals surface area contributed by atoms with Crippen molar-refractivity contribution in [3.63, 3.8) is 0 Å². The van der Waals surface area contributed by atoms with Crippen LogP contribution in [-0.4, -0.2) is 28.4 Å². The van der Waals surface area contributed by atoms with Gasteiger partial charge < -0.3 is 10.0 Å². The van der Waals surface area contributed by atoms with E-state index in [0.29, 0.717) is 11.3 Å². The van der Waals surface area contributed by atoms with E-state index < -0.39 is 5.82 Å². The van der Waals surface area contributed by atoms with E-state index in [1.165, 1.54) is 37.8 Å². The van der Waals surface area contributed by atoms with E-state index in [0.717, 1.165) is 18.9 Å². The lowest BCUT2D eigenvalue weighted by Crippen LogP contribution is -2.25. The zero-order valence-corrected chi connectivity index (χ0v) is 12.7. The molecule has 1 aromatic heterocycles. The van der Waals surface area contributed by atoms with Crippen LogP contribution in [-0.2, 0) is 0 Å². The molecule has 1 aliphatic heterocycles. The first-order valence-electron chi connectivity index (χ1n) is 7.74. The molecular weight excluding hydrogens is 281 g/mol. The van der Waals surface area contributed by atoms with Crippen LogP contribution in [0.25, 0.3) is 11.3 Å². The molecule has 0 unspecified atom stereocenters. The van der Waals surface area contributed by atoms with Gasteiger partial charge in [0.15, 0.2) is 5.82 Å². The molecule has 0 spiro atoms. The smallest absolute Gasteiger partial charge is 0.151 e. The molecule has 116 valence electrons. The quantitative estimate of drug-likeness (QED) is 0.919. The van der Waals surface area contributed by atoms with Gasteiger partial charge in [-0.3, -0.25) is 0 Å². The van der Waals surface area contributed by atoms with Crippen molar-refractivity contribution in [3.05, 3.63) is 35.6 Å². The number of hydrogen-bond acceptors (Lipinski definition) is 4. The largest absolute Gasteiger partial charge is 0.507 e. The molecule has 1 fully saturated rings. The van der Waals surface area contributed by atoms with Gasteiger partial charge in [-0.2, -0.15) is 0 Å². The SMILES string of the molecule is Cc1c(F)ccc(-c2ccc(N3CCCCCC3)nn2)c1O. The van der Waals surface area contributed by atoms with E-state index in [2.05, 4.69) is 15.1 Å². The second-order valence-corrected chi connectivity index (χ2v) is 5.75. The van der Waals surface area contributed by atoms with E-state index >= 15 is 0 Å². The first-order valence-corrected chi connectivity index (χ1v) is 7.74. The summed E-state index contributed by atoms with van der Waals surface area (Å²) in [6.45, 7) is 3.57. The van der Waals surface area contributed by atoms with Crippen molar-refractivity contribution < 1.29 is 9.50 Å². The minimum atomic E-state index is -0.421. The minimum absolute atomic E-state index is 0.0724. The fraction of sp³-hybridized carbons (Fsp3) is 0.412. The highest BCUT2D eigenvalue weighted by atomic mass is 19.1. The molecular formula is C17H20FN3O. The Morgan fingerprint density at radius 2 is 1.73 bits per heavy atom. The zero-order valence-electron chi connectivity index (χ0n) is 12.7. The van der Waals surface area contributed by atoms with Gasteiger partial charge in [-0.25, -0.2) is 4.39 Å². The van der Waals surface area contributed by atoms with E-state index in [-0.39, 0.29) is 11.3 Å². The van der Waals surface area contributed by atoms with Gasteiger partial charge >= 0.3 is 0 Å². The van der Waals surface area contributed by atoms with Crippen molar-refractivity contribution in [2.45, 2.75) is 32.6 Å². The number of phenolic OH excluding ortho intramolecular Hbond substituents is 1. The Bertz CT molecular complexity index is 650. The van der Waals surface area contributed by atoms with Gasteiger partial charge in [-0.05, 0) is 44.0 Å². The molecule has 0 saturated carbocycles. The summed E-state index contributed by atoms with van der Waals surface area (Å²) in [6.07, 6.45) is 4.90. The summed E-state index contributed by atoms with van der Waals surface area (Å²) in [4.78, 5) is 2.25. The Labute approximate surface area is 129 Å². The number of phenols is 1. The molecule has 5 heteroatoms. The van der Waals surface area contributed by atoms with Crippen molar-refractivity contribution in [2.75, 3.05) is 18.0 Å². The number of benzene rings is 1. The van der Waals surface area contributed by atoms with Crippen molar-refractivity contribution >= 4 is 5.82 Å². The number of aromatic nitrogens is 2. The molecule has 0 aliphatic carbocycles. The van der Waals surface area contributed by atoms with Gasteiger partial charge in [0.25, 0.3) is 0 Å². The number of nitrogens with zero attached hydrogens (tertiary/aromatic N) is 3. The maximum absolute atomic E-state index is 13.4. The van der Waals surface area contributed by atoms with Gasteiger partial charge in [0.05, 0.1) is 5.69 Å². The van der Waals surface area contributed by atoms with Crippen molar-refractivity contribution in [1.82, 2.24) is 10.2 Å². The molecule has 0 bridgehead atoms. The predicted molar refractivity (Wildman–Crippen MR) is 84.5 cm³/mol. The average molecular weight is 301 g/mol. The molecule has 1 aliphatic rings. The van der Waals surface area contributed by atoms with Crippen LogP contribution in [0.2, 0.25) is 0 Å². The summed E-state index contributed by atoms with van der Waals surface area (Å²) >= 11 is 0. The second kappa shape index (κ2) is 6.30. The summed E-state index contributed by atoms with van der Waals surface area (Å²) in [6, 6.07) is 6.63. The van der Waals surface area contributed by atoms with Crippen LogP contribution >= 0.6 is 0 Å². The summed E-state index contributed by atoms with van der Waals surface area (Å²) < 4.78 is 13.4. The normalized spacial score (nSPS) is 15.6. The summed E-state index contributed by atoms with van der Waals surface area (Å²) in [5, 5.41) is 18.6. The highest BCUT2D eigenvalue weighted by Crippen LogP contribution is 2.32. The topological polar surface area (TPSA) is 49.2 Å². The van der Waals surface area contributed by atoms with Crippen LogP contribution in [0, 0.1) is 12.7 Å². The Kier molecular flexibility index (Phi) is 4.22. The first-order chi connectivity index (χ1) is 10.7. The standard InChI is InChI=1S/C17H20FN3O/c1-12-14(18)7-6-13(17(12)22)15-8-9-16(20-19-15)21-10-4-2-3-5-11-21/h6-9,22H,2-5,10-11H2,1H3. The summed E-state index contributed by atoms with van der Waals surface area (Å²) in [5.41, 5.74) is 1.30. The molecule has 2 heterocycles. The Morgan fingerprint density at radius 3 is 2.36 bits per heavy atom. The molecule has 3 rings (SSSR count). The first kappa shape index (κ1) is 14.8. The van der Waals surface area contributed by atoms with E-state index in [9.17, 15) is 9.50 Å². The predicted octanol–water partition coefficient (Wildman–Crippen LogP) is 3.68. The van der Waals surface area contributed by atoms with Gasteiger partial charge in [-0.1, -0.05) is 12.8 Å². The van der Waals surface area contributed by atoms with Crippen LogP contribution in [0.3, 0.4) is 0 Å². The number of anilines is 1. The molecule has 0 radical (unpaired) electrons. The third-order valence-electron chi connectivity index (χ3n) is 4.22. The van der Waals surface area contributed by atoms with Crippen molar-refractivity contribution in [3.8, 4) is 17.0 Å². The van der Waals surface area contributed by atoms with Crippen LogP contribution in [0.1, 0.15) is 31.2 Å². The van der Waals surface area contributed by atoms with Crippen molar-refractivity contribution in [2.24, 2.45) is 0 Å². The summed E-state index contributed by atoms with van der Waals surface area (Å²) in [7, 11) is 0. The lowest BCUT2D eigenvalue weighted by molar-refractivity contribution is 0.465. The van der Waals surface area contributed by atoms with Crippen LogP contribution in [0.4, 0.5) is 10.2 Å². The molecule has 1 saturated heterocycles. The third kappa shape index (κ3) is 2.89. The van der Waals surface area contributed by atoms with Gasteiger partial charge in [0.1, 0.15) is 11.6 Å². The number of rotatable bonds is 2. The van der Waals surface area contributed by atoms with Gasteiger partial charge in [0.2, 0.25) is 0 Å². The molecule has 2 aromatic rings. The fourth-order valence-electron chi connectivity index (χ4n) is 2.82. The maximum atomic E-state index is 13.4. The zero-order chi connectivity index (χ0) is 15.5. The van der Waals surface area contributed by atoms with Crippen molar-refractivity contribution in [1.29, 1.82) is 0 Å². The Hall–Kier alpha value is -2.17.